The molecule has 1 heterocycles. The van der Waals surface area contributed by atoms with Crippen LogP contribution in [0.15, 0.2) is 54.6 Å². The van der Waals surface area contributed by atoms with Crippen molar-refractivity contribution in [2.75, 3.05) is 25.0 Å². The van der Waals surface area contributed by atoms with Crippen LogP contribution in [0.25, 0.3) is 0 Å². The maximum atomic E-state index is 13.5. The fraction of sp³-hybridized carbons (Fsp3) is 0.409. The number of amides is 1. The third kappa shape index (κ3) is 6.92. The zero-order valence-electron chi connectivity index (χ0n) is 16.4. The molecule has 0 aliphatic carbocycles. The van der Waals surface area contributed by atoms with Gasteiger partial charge in [0.1, 0.15) is 0 Å². The Morgan fingerprint density at radius 2 is 1.87 bits per heavy atom. The molecule has 3 rings (SSSR count). The van der Waals surface area contributed by atoms with Crippen molar-refractivity contribution in [3.8, 4) is 0 Å². The monoisotopic (exact) mass is 440 g/mol. The number of alkyl halides is 3. The van der Waals surface area contributed by atoms with Crippen molar-refractivity contribution in [2.45, 2.75) is 31.5 Å². The topological polar surface area (TPSA) is 41.6 Å². The highest BCUT2D eigenvalue weighted by molar-refractivity contribution is 6.30. The van der Waals surface area contributed by atoms with Gasteiger partial charge in [0, 0.05) is 23.8 Å². The number of hydrogen-bond acceptors (Lipinski definition) is 3. The van der Waals surface area contributed by atoms with E-state index in [4.69, 9.17) is 16.3 Å². The molecule has 2 aromatic carbocycles. The van der Waals surface area contributed by atoms with Gasteiger partial charge in [-0.2, -0.15) is 13.2 Å². The quantitative estimate of drug-likeness (QED) is 0.619. The maximum Gasteiger partial charge on any atom is 0.426 e. The summed E-state index contributed by atoms with van der Waals surface area (Å²) in [6, 6.07) is 16.0. The molecule has 0 saturated carbocycles. The van der Waals surface area contributed by atoms with Crippen molar-refractivity contribution in [3.63, 3.8) is 0 Å². The molecule has 2 atom stereocenters. The second kappa shape index (κ2) is 10.2. The summed E-state index contributed by atoms with van der Waals surface area (Å²) in [5.74, 6) is 0.276. The van der Waals surface area contributed by atoms with E-state index < -0.39 is 18.4 Å². The second-order valence-electron chi connectivity index (χ2n) is 7.53. The number of hydrogen-bond donors (Lipinski definition) is 1. The highest BCUT2D eigenvalue weighted by Crippen LogP contribution is 2.27. The molecule has 1 fully saturated rings. The number of carbonyl (C=O) groups excluding carboxylic acids is 1. The number of likely N-dealkylation sites (tertiary alicyclic amines) is 1. The fourth-order valence-electron chi connectivity index (χ4n) is 3.68. The van der Waals surface area contributed by atoms with Gasteiger partial charge in [-0.25, -0.2) is 4.79 Å². The summed E-state index contributed by atoms with van der Waals surface area (Å²) in [5, 5.41) is 2.77. The maximum absolute atomic E-state index is 13.5. The van der Waals surface area contributed by atoms with E-state index in [-0.39, 0.29) is 12.5 Å². The molecule has 4 nitrogen and oxygen atoms in total. The fourth-order valence-corrected chi connectivity index (χ4v) is 3.81. The van der Waals surface area contributed by atoms with E-state index in [0.29, 0.717) is 23.8 Å². The highest BCUT2D eigenvalue weighted by Gasteiger charge is 2.44. The van der Waals surface area contributed by atoms with E-state index in [0.717, 1.165) is 19.3 Å². The lowest BCUT2D eigenvalue weighted by Gasteiger charge is -2.35. The van der Waals surface area contributed by atoms with E-state index in [2.05, 4.69) is 5.32 Å². The van der Waals surface area contributed by atoms with E-state index in [9.17, 15) is 18.0 Å². The van der Waals surface area contributed by atoms with Gasteiger partial charge in [0.05, 0.1) is 0 Å². The lowest BCUT2D eigenvalue weighted by molar-refractivity contribution is -0.207. The van der Waals surface area contributed by atoms with Gasteiger partial charge < -0.3 is 4.74 Å². The molecule has 1 saturated heterocycles. The zero-order chi connectivity index (χ0) is 21.6. The van der Waals surface area contributed by atoms with E-state index in [1.54, 1.807) is 4.90 Å². The van der Waals surface area contributed by atoms with Gasteiger partial charge in [0.25, 0.3) is 0 Å². The largest absolute Gasteiger partial charge is 0.435 e. The molecule has 162 valence electrons. The minimum Gasteiger partial charge on any atom is -0.435 e. The smallest absolute Gasteiger partial charge is 0.426 e. The Kier molecular flexibility index (Phi) is 7.61. The Morgan fingerprint density at radius 3 is 2.53 bits per heavy atom. The molecule has 1 N–H and O–H groups in total. The first-order chi connectivity index (χ1) is 14.3. The summed E-state index contributed by atoms with van der Waals surface area (Å²) >= 11 is 5.77. The molecular formula is C22H24ClF3N2O2. The summed E-state index contributed by atoms with van der Waals surface area (Å²) in [6.45, 7) is 0.729. The first-order valence-electron chi connectivity index (χ1n) is 9.86. The van der Waals surface area contributed by atoms with Crippen molar-refractivity contribution in [1.82, 2.24) is 4.90 Å². The number of nitrogens with zero attached hydrogens (tertiary/aromatic N) is 1. The summed E-state index contributed by atoms with van der Waals surface area (Å²) in [6.07, 6.45) is -5.37. The average Bonchev–Trinajstić information content (AvgIpc) is 2.70. The Bertz CT molecular complexity index is 815. The lowest BCUT2D eigenvalue weighted by atomic mass is 9.91. The highest BCUT2D eigenvalue weighted by atomic mass is 35.5. The number of anilines is 1. The van der Waals surface area contributed by atoms with Crippen LogP contribution in [0.1, 0.15) is 18.4 Å². The Morgan fingerprint density at radius 1 is 1.17 bits per heavy atom. The number of halogens is 4. The average molecular weight is 441 g/mol. The molecule has 0 unspecified atom stereocenters. The van der Waals surface area contributed by atoms with Crippen LogP contribution in [0.3, 0.4) is 0 Å². The minimum atomic E-state index is -4.65. The van der Waals surface area contributed by atoms with Crippen molar-refractivity contribution >= 4 is 23.4 Å². The zero-order valence-corrected chi connectivity index (χ0v) is 17.1. The van der Waals surface area contributed by atoms with Crippen LogP contribution in [0.2, 0.25) is 5.02 Å². The van der Waals surface area contributed by atoms with Crippen LogP contribution in [0, 0.1) is 5.92 Å². The van der Waals surface area contributed by atoms with Gasteiger partial charge in [0.2, 0.25) is 6.10 Å². The first kappa shape index (κ1) is 22.4. The molecule has 1 aliphatic rings. The minimum absolute atomic E-state index is 0.276. The van der Waals surface area contributed by atoms with Gasteiger partial charge in [-0.1, -0.05) is 41.9 Å². The number of piperidine rings is 1. The van der Waals surface area contributed by atoms with Crippen LogP contribution in [-0.2, 0) is 11.2 Å². The predicted molar refractivity (Wildman–Crippen MR) is 111 cm³/mol. The molecule has 0 bridgehead atoms. The third-order valence-electron chi connectivity index (χ3n) is 5.10. The second-order valence-corrected chi connectivity index (χ2v) is 7.96. The SMILES string of the molecule is O=C(Nc1ccc(Cl)cc1)O[C@@H](CN1CCC[C@H](Cc2ccccc2)C1)C(F)(F)F. The van der Waals surface area contributed by atoms with Crippen LogP contribution in [0.4, 0.5) is 23.7 Å². The van der Waals surface area contributed by atoms with Crippen LogP contribution in [-0.4, -0.2) is 42.9 Å². The van der Waals surface area contributed by atoms with Gasteiger partial charge >= 0.3 is 12.3 Å². The first-order valence-corrected chi connectivity index (χ1v) is 10.2. The van der Waals surface area contributed by atoms with E-state index in [1.807, 2.05) is 30.3 Å². The molecule has 2 aromatic rings. The number of nitrogens with one attached hydrogen (secondary N) is 1. The van der Waals surface area contributed by atoms with Crippen molar-refractivity contribution in [3.05, 3.63) is 65.2 Å². The third-order valence-corrected chi connectivity index (χ3v) is 5.35. The molecule has 0 spiro atoms. The Labute approximate surface area is 179 Å². The van der Waals surface area contributed by atoms with Gasteiger partial charge in [0.15, 0.2) is 0 Å². The Balaban J connectivity index is 1.57. The summed E-state index contributed by atoms with van der Waals surface area (Å²) < 4.78 is 45.3. The molecule has 8 heteroatoms. The van der Waals surface area contributed by atoms with E-state index >= 15 is 0 Å². The number of carbonyl (C=O) groups is 1. The van der Waals surface area contributed by atoms with E-state index in [1.165, 1.54) is 29.8 Å². The summed E-state index contributed by atoms with van der Waals surface area (Å²) in [5.41, 5.74) is 1.49. The van der Waals surface area contributed by atoms with Crippen molar-refractivity contribution in [1.29, 1.82) is 0 Å². The van der Waals surface area contributed by atoms with Crippen LogP contribution >= 0.6 is 11.6 Å². The number of ether oxygens (including phenoxy) is 1. The standard InChI is InChI=1S/C22H24ClF3N2O2/c23-18-8-10-19(11-9-18)27-21(29)30-20(22(24,25)26)15-28-12-4-7-17(14-28)13-16-5-2-1-3-6-16/h1-3,5-6,8-11,17,20H,4,7,12-15H2,(H,27,29)/t17-,20+/m1/s1. The van der Waals surface area contributed by atoms with Crippen molar-refractivity contribution < 1.29 is 22.7 Å². The number of benzene rings is 2. The van der Waals surface area contributed by atoms with Crippen LogP contribution in [0.5, 0.6) is 0 Å². The summed E-state index contributed by atoms with van der Waals surface area (Å²) in [7, 11) is 0. The molecule has 1 aliphatic heterocycles. The molecular weight excluding hydrogens is 417 g/mol. The molecule has 0 aromatic heterocycles. The van der Waals surface area contributed by atoms with Gasteiger partial charge in [-0.05, 0) is 61.6 Å². The molecule has 1 amide bonds. The Hall–Kier alpha value is -2.25. The molecule has 30 heavy (non-hydrogen) atoms. The summed E-state index contributed by atoms with van der Waals surface area (Å²) in [4.78, 5) is 13.8. The van der Waals surface area contributed by atoms with Gasteiger partial charge in [-0.15, -0.1) is 0 Å². The normalized spacial score (nSPS) is 18.6. The molecule has 0 radical (unpaired) electrons. The van der Waals surface area contributed by atoms with Crippen molar-refractivity contribution in [2.24, 2.45) is 5.92 Å². The lowest BCUT2D eigenvalue weighted by Crippen LogP contribution is -2.47. The predicted octanol–water partition coefficient (Wildman–Crippen LogP) is 5.77. The van der Waals surface area contributed by atoms with Gasteiger partial charge in [-0.3, -0.25) is 10.2 Å². The number of rotatable bonds is 6. The van der Waals surface area contributed by atoms with Crippen LogP contribution < -0.4 is 5.32 Å².